The molecule has 16 heavy (non-hydrogen) atoms. The van der Waals surface area contributed by atoms with Crippen molar-refractivity contribution in [3.8, 4) is 0 Å². The van der Waals surface area contributed by atoms with Gasteiger partial charge in [0, 0.05) is 0 Å². The van der Waals surface area contributed by atoms with Gasteiger partial charge < -0.3 is 0 Å². The molecule has 6 heteroatoms. The highest BCUT2D eigenvalue weighted by atomic mass is 79.9. The summed E-state index contributed by atoms with van der Waals surface area (Å²) < 4.78 is -1.17. The highest BCUT2D eigenvalue weighted by Crippen LogP contribution is 2.36. The molecule has 0 amide bonds. The van der Waals surface area contributed by atoms with Gasteiger partial charge in [-0.25, -0.2) is 4.84 Å². The molecule has 0 aliphatic rings. The van der Waals surface area contributed by atoms with Gasteiger partial charge in [-0.15, -0.1) is 10.1 Å². The van der Waals surface area contributed by atoms with Gasteiger partial charge in [0.1, 0.15) is 4.32 Å². The van der Waals surface area contributed by atoms with Crippen molar-refractivity contribution >= 4 is 21.9 Å². The van der Waals surface area contributed by atoms with Gasteiger partial charge >= 0.3 is 11.1 Å². The van der Waals surface area contributed by atoms with Crippen LogP contribution in [0.2, 0.25) is 0 Å². The summed E-state index contributed by atoms with van der Waals surface area (Å²) in [6.45, 7) is 1.74. The van der Waals surface area contributed by atoms with Crippen LogP contribution in [-0.4, -0.2) is 11.1 Å². The number of carbonyl (C=O) groups is 1. The van der Waals surface area contributed by atoms with E-state index in [2.05, 4.69) is 20.8 Å². The van der Waals surface area contributed by atoms with Crippen molar-refractivity contribution in [2.45, 2.75) is 17.7 Å². The molecule has 86 valence electrons. The molecule has 1 aromatic rings. The van der Waals surface area contributed by atoms with E-state index in [1.165, 1.54) is 0 Å². The number of hydrogen-bond acceptors (Lipinski definition) is 4. The molecule has 1 rings (SSSR count). The van der Waals surface area contributed by atoms with Gasteiger partial charge in [-0.1, -0.05) is 53.2 Å². The summed E-state index contributed by atoms with van der Waals surface area (Å²) in [4.78, 5) is 25.7. The van der Waals surface area contributed by atoms with Crippen molar-refractivity contribution < 1.29 is 14.7 Å². The zero-order chi connectivity index (χ0) is 12.2. The maximum Gasteiger partial charge on any atom is 0.324 e. The van der Waals surface area contributed by atoms with E-state index in [-0.39, 0.29) is 0 Å². The van der Waals surface area contributed by atoms with Crippen LogP contribution in [0.15, 0.2) is 30.3 Å². The fourth-order valence-electron chi connectivity index (χ4n) is 1.31. The van der Waals surface area contributed by atoms with Crippen molar-refractivity contribution in [2.75, 3.05) is 0 Å². The number of hydrogen-bond donors (Lipinski definition) is 0. The molecular weight excluding hydrogens is 278 g/mol. The average molecular weight is 288 g/mol. The minimum atomic E-state index is -1.17. The smallest absolute Gasteiger partial charge is 0.266 e. The lowest BCUT2D eigenvalue weighted by Crippen LogP contribution is -2.32. The number of benzene rings is 1. The van der Waals surface area contributed by atoms with Crippen LogP contribution in [0.5, 0.6) is 0 Å². The molecule has 0 spiro atoms. The molecule has 0 bridgehead atoms. The third-order valence-electron chi connectivity index (χ3n) is 2.20. The van der Waals surface area contributed by atoms with Crippen LogP contribution in [0.3, 0.4) is 0 Å². The van der Waals surface area contributed by atoms with E-state index in [4.69, 9.17) is 0 Å². The van der Waals surface area contributed by atoms with Gasteiger partial charge in [0.15, 0.2) is 0 Å². The molecule has 0 saturated heterocycles. The summed E-state index contributed by atoms with van der Waals surface area (Å²) >= 11 is 3.21. The van der Waals surface area contributed by atoms with Crippen molar-refractivity contribution in [3.05, 3.63) is 46.0 Å². The van der Waals surface area contributed by atoms with Gasteiger partial charge in [0.2, 0.25) is 0 Å². The van der Waals surface area contributed by atoms with Crippen LogP contribution in [-0.2, 0) is 14.0 Å². The number of alkyl halides is 1. The normalized spacial score (nSPS) is 13.9. The Bertz CT molecular complexity index is 395. The SMILES string of the molecule is CCC(Br)(C(=O)O[N+](=O)[O-])c1ccccc1. The van der Waals surface area contributed by atoms with E-state index in [0.29, 0.717) is 12.0 Å². The molecule has 5 nitrogen and oxygen atoms in total. The summed E-state index contributed by atoms with van der Waals surface area (Å²) in [5, 5.41) is 9.05. The molecule has 1 atom stereocenters. The molecule has 0 aromatic heterocycles. The fourth-order valence-corrected chi connectivity index (χ4v) is 1.65. The van der Waals surface area contributed by atoms with Crippen LogP contribution < -0.4 is 0 Å². The van der Waals surface area contributed by atoms with Crippen LogP contribution in [0, 0.1) is 10.1 Å². The first kappa shape index (κ1) is 12.6. The van der Waals surface area contributed by atoms with Crippen molar-refractivity contribution in [1.82, 2.24) is 0 Å². The summed E-state index contributed by atoms with van der Waals surface area (Å²) in [6.07, 6.45) is 0.351. The van der Waals surface area contributed by atoms with Gasteiger partial charge in [0.05, 0.1) is 0 Å². The van der Waals surface area contributed by atoms with Crippen molar-refractivity contribution in [1.29, 1.82) is 0 Å². The molecule has 0 aliphatic carbocycles. The Labute approximate surface area is 101 Å². The first-order valence-electron chi connectivity index (χ1n) is 4.62. The molecule has 0 N–H and O–H groups in total. The standard InChI is InChI=1S/C10H10BrNO4/c1-2-10(11,9(13)16-12(14)15)8-6-4-3-5-7-8/h3-7H,2H2,1H3. The number of rotatable bonds is 4. The molecule has 0 aliphatic heterocycles. The monoisotopic (exact) mass is 287 g/mol. The lowest BCUT2D eigenvalue weighted by atomic mass is 9.96. The Hall–Kier alpha value is -1.43. The number of nitrogens with zero attached hydrogens (tertiary/aromatic N) is 1. The number of halogens is 1. The summed E-state index contributed by atoms with van der Waals surface area (Å²) in [5.41, 5.74) is 0.629. The van der Waals surface area contributed by atoms with E-state index in [1.54, 1.807) is 37.3 Å². The minimum Gasteiger partial charge on any atom is -0.266 e. The average Bonchev–Trinajstić information content (AvgIpc) is 2.28. The molecular formula is C10H10BrNO4. The number of carbonyl (C=O) groups excluding carboxylic acids is 1. The largest absolute Gasteiger partial charge is 0.324 e. The second-order valence-electron chi connectivity index (χ2n) is 3.12. The Morgan fingerprint density at radius 3 is 2.50 bits per heavy atom. The Morgan fingerprint density at radius 2 is 2.06 bits per heavy atom. The molecule has 0 saturated carbocycles. The molecule has 0 heterocycles. The van der Waals surface area contributed by atoms with E-state index >= 15 is 0 Å². The van der Waals surface area contributed by atoms with Crippen LogP contribution in [0.4, 0.5) is 0 Å². The second kappa shape index (κ2) is 5.07. The minimum absolute atomic E-state index is 0.351. The van der Waals surface area contributed by atoms with Crippen molar-refractivity contribution in [3.63, 3.8) is 0 Å². The fraction of sp³-hybridized carbons (Fsp3) is 0.300. The van der Waals surface area contributed by atoms with Crippen LogP contribution in [0.1, 0.15) is 18.9 Å². The topological polar surface area (TPSA) is 69.4 Å². The van der Waals surface area contributed by atoms with Gasteiger partial charge in [-0.3, -0.25) is 4.79 Å². The van der Waals surface area contributed by atoms with E-state index in [1.807, 2.05) is 0 Å². The van der Waals surface area contributed by atoms with E-state index in [9.17, 15) is 14.9 Å². The molecule has 1 aromatic carbocycles. The maximum atomic E-state index is 11.6. The quantitative estimate of drug-likeness (QED) is 0.484. The highest BCUT2D eigenvalue weighted by Gasteiger charge is 2.38. The van der Waals surface area contributed by atoms with E-state index in [0.717, 1.165) is 0 Å². The Morgan fingerprint density at radius 1 is 1.50 bits per heavy atom. The zero-order valence-corrected chi connectivity index (χ0v) is 10.1. The third-order valence-corrected chi connectivity index (χ3v) is 3.54. The summed E-state index contributed by atoms with van der Waals surface area (Å²) in [6, 6.07) is 8.71. The van der Waals surface area contributed by atoms with Gasteiger partial charge in [-0.2, -0.15) is 0 Å². The third kappa shape index (κ3) is 2.57. The van der Waals surface area contributed by atoms with Crippen molar-refractivity contribution in [2.24, 2.45) is 0 Å². The Kier molecular flexibility index (Phi) is 4.00. The van der Waals surface area contributed by atoms with Gasteiger partial charge in [-0.05, 0) is 12.0 Å². The summed E-state index contributed by atoms with van der Waals surface area (Å²) in [7, 11) is 0. The molecule has 0 fully saturated rings. The second-order valence-corrected chi connectivity index (χ2v) is 4.48. The zero-order valence-electron chi connectivity index (χ0n) is 8.55. The first-order chi connectivity index (χ1) is 7.50. The predicted octanol–water partition coefficient (Wildman–Crippen LogP) is 2.42. The summed E-state index contributed by atoms with van der Waals surface area (Å²) in [5.74, 6) is -0.925. The highest BCUT2D eigenvalue weighted by molar-refractivity contribution is 9.10. The van der Waals surface area contributed by atoms with Crippen LogP contribution in [0.25, 0.3) is 0 Å². The molecule has 0 radical (unpaired) electrons. The van der Waals surface area contributed by atoms with E-state index < -0.39 is 15.4 Å². The predicted molar refractivity (Wildman–Crippen MR) is 60.4 cm³/mol. The first-order valence-corrected chi connectivity index (χ1v) is 5.41. The molecule has 1 unspecified atom stereocenters. The maximum absolute atomic E-state index is 11.6. The Balaban J connectivity index is 3.03. The lowest BCUT2D eigenvalue weighted by molar-refractivity contribution is -0.730. The van der Waals surface area contributed by atoms with Crippen LogP contribution >= 0.6 is 15.9 Å². The lowest BCUT2D eigenvalue weighted by Gasteiger charge is -2.22. The van der Waals surface area contributed by atoms with Gasteiger partial charge in [0.25, 0.3) is 0 Å².